The summed E-state index contributed by atoms with van der Waals surface area (Å²) >= 11 is 0. The molecule has 3 N–H and O–H groups in total. The number of hydrogen-bond donors (Lipinski definition) is 3. The molecule has 0 radical (unpaired) electrons. The fraction of sp³-hybridized carbons (Fsp3) is 0.429. The van der Waals surface area contributed by atoms with Crippen molar-refractivity contribution in [1.29, 1.82) is 0 Å². The van der Waals surface area contributed by atoms with E-state index in [9.17, 15) is 9.59 Å². The zero-order valence-corrected chi connectivity index (χ0v) is 10.9. The van der Waals surface area contributed by atoms with Gasteiger partial charge in [0.05, 0.1) is 6.54 Å². The summed E-state index contributed by atoms with van der Waals surface area (Å²) in [6.45, 7) is 1.92. The Morgan fingerprint density at radius 1 is 1.32 bits per heavy atom. The summed E-state index contributed by atoms with van der Waals surface area (Å²) in [5, 5.41) is 14.8. The van der Waals surface area contributed by atoms with Gasteiger partial charge >= 0.3 is 5.97 Å². The van der Waals surface area contributed by atoms with Crippen LogP contribution in [-0.2, 0) is 9.59 Å². The molecule has 1 amide bonds. The maximum absolute atomic E-state index is 11.8. The van der Waals surface area contributed by atoms with Crippen LogP contribution in [0.5, 0.6) is 0 Å². The van der Waals surface area contributed by atoms with Gasteiger partial charge in [-0.1, -0.05) is 18.2 Å². The van der Waals surface area contributed by atoms with Crippen molar-refractivity contribution in [3.05, 3.63) is 29.8 Å². The van der Waals surface area contributed by atoms with Gasteiger partial charge < -0.3 is 10.4 Å². The van der Waals surface area contributed by atoms with E-state index < -0.39 is 11.5 Å². The van der Waals surface area contributed by atoms with E-state index in [0.717, 1.165) is 17.7 Å². The summed E-state index contributed by atoms with van der Waals surface area (Å²) in [5.74, 6) is -1.09. The predicted octanol–water partition coefficient (Wildman–Crippen LogP) is 1.53. The molecule has 1 saturated carbocycles. The Morgan fingerprint density at radius 2 is 2.00 bits per heavy atom. The maximum Gasteiger partial charge on any atom is 0.323 e. The predicted molar refractivity (Wildman–Crippen MR) is 72.0 cm³/mol. The number of rotatable bonds is 5. The highest BCUT2D eigenvalue weighted by Gasteiger charge is 2.44. The molecule has 0 unspecified atom stereocenters. The van der Waals surface area contributed by atoms with E-state index in [0.29, 0.717) is 12.8 Å². The lowest BCUT2D eigenvalue weighted by Gasteiger charge is -2.38. The van der Waals surface area contributed by atoms with Gasteiger partial charge in [-0.15, -0.1) is 0 Å². The molecular weight excluding hydrogens is 244 g/mol. The molecule has 1 aromatic carbocycles. The molecule has 102 valence electrons. The van der Waals surface area contributed by atoms with Crippen molar-refractivity contribution < 1.29 is 14.7 Å². The van der Waals surface area contributed by atoms with E-state index in [1.54, 1.807) is 0 Å². The molecule has 1 aliphatic carbocycles. The van der Waals surface area contributed by atoms with Crippen LogP contribution in [0.2, 0.25) is 0 Å². The van der Waals surface area contributed by atoms with Crippen molar-refractivity contribution in [2.24, 2.45) is 0 Å². The molecule has 0 heterocycles. The molecule has 5 heteroatoms. The second-order valence-electron chi connectivity index (χ2n) is 4.96. The number of nitrogens with one attached hydrogen (secondary N) is 2. The van der Waals surface area contributed by atoms with Crippen LogP contribution in [0.25, 0.3) is 0 Å². The third kappa shape index (κ3) is 2.93. The molecule has 0 saturated heterocycles. The number of amides is 1. The minimum atomic E-state index is -0.900. The fourth-order valence-corrected chi connectivity index (χ4v) is 2.15. The number of carbonyl (C=O) groups excluding carboxylic acids is 1. The van der Waals surface area contributed by atoms with Gasteiger partial charge in [-0.3, -0.25) is 14.9 Å². The van der Waals surface area contributed by atoms with Crippen LogP contribution < -0.4 is 10.6 Å². The summed E-state index contributed by atoms with van der Waals surface area (Å²) in [7, 11) is 0. The largest absolute Gasteiger partial charge is 0.480 e. The van der Waals surface area contributed by atoms with Crippen molar-refractivity contribution in [2.75, 3.05) is 11.9 Å². The Balaban J connectivity index is 1.89. The van der Waals surface area contributed by atoms with E-state index in [4.69, 9.17) is 5.11 Å². The molecule has 0 spiro atoms. The van der Waals surface area contributed by atoms with Gasteiger partial charge in [0.1, 0.15) is 5.54 Å². The van der Waals surface area contributed by atoms with Gasteiger partial charge in [0, 0.05) is 5.69 Å². The minimum absolute atomic E-state index is 0.0145. The zero-order valence-electron chi connectivity index (χ0n) is 10.9. The van der Waals surface area contributed by atoms with E-state index in [1.807, 2.05) is 31.2 Å². The average molecular weight is 262 g/mol. The monoisotopic (exact) mass is 262 g/mol. The second-order valence-corrected chi connectivity index (χ2v) is 4.96. The molecule has 0 aliphatic heterocycles. The van der Waals surface area contributed by atoms with Gasteiger partial charge in [-0.25, -0.2) is 0 Å². The number of para-hydroxylation sites is 1. The van der Waals surface area contributed by atoms with Gasteiger partial charge in [0.15, 0.2) is 0 Å². The summed E-state index contributed by atoms with van der Waals surface area (Å²) in [5.41, 5.74) is 0.836. The number of anilines is 1. The molecule has 1 aromatic rings. The minimum Gasteiger partial charge on any atom is -0.480 e. The highest BCUT2D eigenvalue weighted by molar-refractivity contribution is 5.93. The van der Waals surface area contributed by atoms with Gasteiger partial charge in [-0.05, 0) is 37.8 Å². The third-order valence-electron chi connectivity index (χ3n) is 3.62. The molecule has 5 nitrogen and oxygen atoms in total. The zero-order chi connectivity index (χ0) is 13.9. The van der Waals surface area contributed by atoms with Crippen molar-refractivity contribution in [3.63, 3.8) is 0 Å². The first-order chi connectivity index (χ1) is 9.03. The van der Waals surface area contributed by atoms with Crippen LogP contribution in [0.1, 0.15) is 24.8 Å². The highest BCUT2D eigenvalue weighted by Crippen LogP contribution is 2.31. The summed E-state index contributed by atoms with van der Waals surface area (Å²) in [6, 6.07) is 7.48. The standard InChI is InChI=1S/C14H18N2O3/c1-10-5-2-3-6-11(10)16-12(17)9-15-14(13(18)19)7-4-8-14/h2-3,5-6,15H,4,7-9H2,1H3,(H,16,17)(H,18,19). The lowest BCUT2D eigenvalue weighted by atomic mass is 9.77. The average Bonchev–Trinajstić information content (AvgIpc) is 2.30. The third-order valence-corrected chi connectivity index (χ3v) is 3.62. The first kappa shape index (κ1) is 13.5. The number of carbonyl (C=O) groups is 2. The van der Waals surface area contributed by atoms with Crippen molar-refractivity contribution >= 4 is 17.6 Å². The summed E-state index contributed by atoms with van der Waals surface area (Å²) in [4.78, 5) is 22.9. The summed E-state index contributed by atoms with van der Waals surface area (Å²) < 4.78 is 0. The normalized spacial score (nSPS) is 16.5. The maximum atomic E-state index is 11.8. The van der Waals surface area contributed by atoms with Gasteiger partial charge in [0.25, 0.3) is 0 Å². The molecule has 1 aliphatic rings. The lowest BCUT2D eigenvalue weighted by molar-refractivity contribution is -0.148. The summed E-state index contributed by atoms with van der Waals surface area (Å²) in [6.07, 6.45) is 2.05. The number of benzene rings is 1. The number of hydrogen-bond acceptors (Lipinski definition) is 3. The second kappa shape index (κ2) is 5.40. The Morgan fingerprint density at radius 3 is 2.53 bits per heavy atom. The smallest absolute Gasteiger partial charge is 0.323 e. The molecule has 2 rings (SSSR count). The van der Waals surface area contributed by atoms with Crippen LogP contribution in [0.15, 0.2) is 24.3 Å². The molecule has 0 aromatic heterocycles. The SMILES string of the molecule is Cc1ccccc1NC(=O)CNC1(C(=O)O)CCC1. The van der Waals surface area contributed by atoms with Crippen LogP contribution in [0.4, 0.5) is 5.69 Å². The van der Waals surface area contributed by atoms with Crippen molar-refractivity contribution in [2.45, 2.75) is 31.7 Å². The number of aliphatic carboxylic acids is 1. The van der Waals surface area contributed by atoms with Crippen LogP contribution >= 0.6 is 0 Å². The number of carboxylic acids is 1. The van der Waals surface area contributed by atoms with Crippen molar-refractivity contribution in [1.82, 2.24) is 5.32 Å². The van der Waals surface area contributed by atoms with E-state index in [2.05, 4.69) is 10.6 Å². The highest BCUT2D eigenvalue weighted by atomic mass is 16.4. The van der Waals surface area contributed by atoms with Crippen molar-refractivity contribution in [3.8, 4) is 0 Å². The number of aryl methyl sites for hydroxylation is 1. The lowest BCUT2D eigenvalue weighted by Crippen LogP contribution is -2.58. The topological polar surface area (TPSA) is 78.4 Å². The number of carboxylic acid groups (broad SMARTS) is 1. The van der Waals surface area contributed by atoms with Crippen LogP contribution in [0.3, 0.4) is 0 Å². The first-order valence-electron chi connectivity index (χ1n) is 6.37. The van der Waals surface area contributed by atoms with E-state index >= 15 is 0 Å². The van der Waals surface area contributed by atoms with Crippen LogP contribution in [0, 0.1) is 6.92 Å². The van der Waals surface area contributed by atoms with E-state index in [1.165, 1.54) is 0 Å². The Labute approximate surface area is 112 Å². The Bertz CT molecular complexity index is 495. The quantitative estimate of drug-likeness (QED) is 0.752. The first-order valence-corrected chi connectivity index (χ1v) is 6.37. The molecule has 1 fully saturated rings. The molecule has 0 bridgehead atoms. The van der Waals surface area contributed by atoms with E-state index in [-0.39, 0.29) is 12.5 Å². The van der Waals surface area contributed by atoms with Gasteiger partial charge in [0.2, 0.25) is 5.91 Å². The Kier molecular flexibility index (Phi) is 3.85. The Hall–Kier alpha value is -1.88. The molecular formula is C14H18N2O3. The van der Waals surface area contributed by atoms with Gasteiger partial charge in [-0.2, -0.15) is 0 Å². The fourth-order valence-electron chi connectivity index (χ4n) is 2.15. The van der Waals surface area contributed by atoms with Crippen LogP contribution in [-0.4, -0.2) is 29.1 Å². The molecule has 19 heavy (non-hydrogen) atoms. The molecule has 0 atom stereocenters.